The number of aliphatic hydroxyl groups excluding tert-OH is 6. The average molecular weight is 809 g/mol. The maximum Gasteiger partial charge on any atom is 0.335 e. The van der Waals surface area contributed by atoms with Crippen LogP contribution in [0.2, 0.25) is 0 Å². The van der Waals surface area contributed by atoms with Crippen molar-refractivity contribution in [1.29, 1.82) is 0 Å². The summed E-state index contributed by atoms with van der Waals surface area (Å²) in [6.45, 7) is 14.6. The van der Waals surface area contributed by atoms with Crippen LogP contribution in [-0.2, 0) is 33.3 Å². The van der Waals surface area contributed by atoms with E-state index >= 15 is 0 Å². The molecule has 0 aromatic heterocycles. The maximum atomic E-state index is 14.8. The van der Waals surface area contributed by atoms with Crippen LogP contribution in [0.3, 0.4) is 0 Å². The molecule has 5 aliphatic carbocycles. The molecule has 2 aliphatic heterocycles. The molecule has 15 heteroatoms. The molecule has 0 aromatic rings. The van der Waals surface area contributed by atoms with Crippen LogP contribution in [0.1, 0.15) is 106 Å². The molecule has 0 aromatic carbocycles. The summed E-state index contributed by atoms with van der Waals surface area (Å²) in [4.78, 5) is 38.8. The van der Waals surface area contributed by atoms with Crippen molar-refractivity contribution < 1.29 is 74.2 Å². The molecule has 2 heterocycles. The maximum absolute atomic E-state index is 14.8. The van der Waals surface area contributed by atoms with Crippen molar-refractivity contribution in [2.45, 2.75) is 174 Å². The molecule has 7 aliphatic rings. The number of carbonyl (C=O) groups is 3. The molecule has 0 bridgehead atoms. The molecular formula is C42H64O15. The number of rotatable bonds is 7. The van der Waals surface area contributed by atoms with E-state index in [1.807, 2.05) is 13.0 Å². The number of allylic oxidation sites excluding steroid dienone is 2. The quantitative estimate of drug-likeness (QED) is 0.172. The van der Waals surface area contributed by atoms with Gasteiger partial charge in [0.05, 0.1) is 18.1 Å². The summed E-state index contributed by atoms with van der Waals surface area (Å²) < 4.78 is 23.2. The van der Waals surface area contributed by atoms with Gasteiger partial charge in [-0.3, -0.25) is 9.59 Å². The second-order valence-electron chi connectivity index (χ2n) is 20.6. The van der Waals surface area contributed by atoms with Crippen molar-refractivity contribution in [3.63, 3.8) is 0 Å². The van der Waals surface area contributed by atoms with Crippen LogP contribution >= 0.6 is 0 Å². The Labute approximate surface area is 333 Å². The monoisotopic (exact) mass is 808 g/mol. The molecular weight excluding hydrogens is 744 g/mol. The number of aliphatic carboxylic acids is 2. The van der Waals surface area contributed by atoms with Gasteiger partial charge in [0.2, 0.25) is 0 Å². The lowest BCUT2D eigenvalue weighted by molar-refractivity contribution is -0.343. The Morgan fingerprint density at radius 3 is 2.04 bits per heavy atom. The Balaban J connectivity index is 1.09. The highest BCUT2D eigenvalue weighted by Crippen LogP contribution is 2.75. The number of hydrogen-bond acceptors (Lipinski definition) is 13. The van der Waals surface area contributed by atoms with E-state index in [9.17, 15) is 55.2 Å². The van der Waals surface area contributed by atoms with Gasteiger partial charge in [0.1, 0.15) is 42.7 Å². The third-order valence-electron chi connectivity index (χ3n) is 17.2. The molecule has 6 fully saturated rings. The molecule has 322 valence electrons. The van der Waals surface area contributed by atoms with Crippen LogP contribution in [0.15, 0.2) is 11.6 Å². The van der Waals surface area contributed by atoms with Crippen molar-refractivity contribution >= 4 is 17.7 Å². The number of hydrogen-bond donors (Lipinski definition) is 8. The molecule has 57 heavy (non-hydrogen) atoms. The standard InChI is InChI=1S/C42H64O15/c1-37(2)23-8-11-42(7)32(21(43)16-19-20-17-39(4,36(52)53)13-12-38(20,3)14-15-41(19,42)6)40(23,5)10-9-24(37)56-35-30(49)26(45)25(44)22(55-35)18-54-34-29(48)27(46)28(47)31(57-34)33(50)51/h16,20,22-32,34-35,44-49H,8-15,17-18H2,1-7H3,(H,50,51)(H,52,53)/t20-,22+,23-,24-,25-,26-,27-,28-,29+,30+,31-,32+,34+,35-,38+,39-,40-,41+,42+/m0/s1. The van der Waals surface area contributed by atoms with Crippen LogP contribution in [0.25, 0.3) is 0 Å². The lowest BCUT2D eigenvalue weighted by atomic mass is 9.33. The van der Waals surface area contributed by atoms with Gasteiger partial charge >= 0.3 is 11.9 Å². The molecule has 8 N–H and O–H groups in total. The zero-order chi connectivity index (χ0) is 42.0. The first-order chi connectivity index (χ1) is 26.4. The fourth-order valence-electron chi connectivity index (χ4n) is 13.3. The minimum atomic E-state index is -1.92. The van der Waals surface area contributed by atoms with Crippen molar-refractivity contribution in [1.82, 2.24) is 0 Å². The summed E-state index contributed by atoms with van der Waals surface area (Å²) in [5.74, 6) is -2.48. The highest BCUT2D eigenvalue weighted by molar-refractivity contribution is 5.95. The van der Waals surface area contributed by atoms with Crippen molar-refractivity contribution in [2.75, 3.05) is 6.61 Å². The summed E-state index contributed by atoms with van der Waals surface area (Å²) in [6, 6.07) is 0. The summed E-state index contributed by atoms with van der Waals surface area (Å²) in [5, 5.41) is 83.0. The lowest BCUT2D eigenvalue weighted by Crippen LogP contribution is -2.67. The first-order valence-electron chi connectivity index (χ1n) is 20.7. The Morgan fingerprint density at radius 2 is 1.39 bits per heavy atom. The van der Waals surface area contributed by atoms with Gasteiger partial charge in [0, 0.05) is 5.92 Å². The van der Waals surface area contributed by atoms with E-state index in [1.165, 1.54) is 0 Å². The largest absolute Gasteiger partial charge is 0.481 e. The Morgan fingerprint density at radius 1 is 0.754 bits per heavy atom. The zero-order valence-corrected chi connectivity index (χ0v) is 34.2. The van der Waals surface area contributed by atoms with Gasteiger partial charge in [-0.15, -0.1) is 0 Å². The lowest BCUT2D eigenvalue weighted by Gasteiger charge is -2.70. The van der Waals surface area contributed by atoms with Gasteiger partial charge in [-0.25, -0.2) is 4.79 Å². The van der Waals surface area contributed by atoms with Gasteiger partial charge in [-0.1, -0.05) is 47.1 Å². The summed E-state index contributed by atoms with van der Waals surface area (Å²) in [6.07, 6.45) is -8.99. The fourth-order valence-corrected chi connectivity index (χ4v) is 13.3. The summed E-state index contributed by atoms with van der Waals surface area (Å²) in [7, 11) is 0. The normalized spacial score (nSPS) is 53.4. The van der Waals surface area contributed by atoms with E-state index in [1.54, 1.807) is 0 Å². The Hall–Kier alpha value is -2.05. The van der Waals surface area contributed by atoms with Gasteiger partial charge in [-0.2, -0.15) is 0 Å². The van der Waals surface area contributed by atoms with Crippen molar-refractivity contribution in [2.24, 2.45) is 50.2 Å². The molecule has 0 radical (unpaired) electrons. The van der Waals surface area contributed by atoms with Gasteiger partial charge < -0.3 is 59.8 Å². The Bertz CT molecular complexity index is 1650. The summed E-state index contributed by atoms with van der Waals surface area (Å²) >= 11 is 0. The Kier molecular flexibility index (Phi) is 10.8. The molecule has 7 rings (SSSR count). The van der Waals surface area contributed by atoms with Crippen molar-refractivity contribution in [3.8, 4) is 0 Å². The molecule has 19 atom stereocenters. The first kappa shape index (κ1) is 43.1. The van der Waals surface area contributed by atoms with E-state index in [-0.39, 0.29) is 39.8 Å². The number of carbonyl (C=O) groups excluding carboxylic acids is 1. The van der Waals surface area contributed by atoms with E-state index < -0.39 is 102 Å². The average Bonchev–Trinajstić information content (AvgIpc) is 3.13. The number of carboxylic acids is 2. The first-order valence-corrected chi connectivity index (χ1v) is 20.7. The van der Waals surface area contributed by atoms with Gasteiger partial charge in [-0.05, 0) is 110 Å². The number of ether oxygens (including phenoxy) is 4. The smallest absolute Gasteiger partial charge is 0.335 e. The van der Waals surface area contributed by atoms with E-state index in [0.717, 1.165) is 37.7 Å². The van der Waals surface area contributed by atoms with Crippen LogP contribution < -0.4 is 0 Å². The molecule has 0 spiro atoms. The molecule has 4 saturated carbocycles. The zero-order valence-electron chi connectivity index (χ0n) is 34.2. The highest BCUT2D eigenvalue weighted by Gasteiger charge is 2.70. The number of carboxylic acid groups (broad SMARTS) is 2. The van der Waals surface area contributed by atoms with E-state index in [2.05, 4.69) is 41.5 Å². The predicted octanol–water partition coefficient (Wildman–Crippen LogP) is 2.15. The number of fused-ring (bicyclic) bond motifs is 7. The third kappa shape index (κ3) is 6.39. The summed E-state index contributed by atoms with van der Waals surface area (Å²) in [5.41, 5.74) is -1.33. The van der Waals surface area contributed by atoms with Crippen molar-refractivity contribution in [3.05, 3.63) is 11.6 Å². The minimum absolute atomic E-state index is 0.0188. The topological polar surface area (TPSA) is 250 Å². The van der Waals surface area contributed by atoms with Crippen LogP contribution in [0, 0.1) is 50.2 Å². The van der Waals surface area contributed by atoms with Gasteiger partial charge in [0.25, 0.3) is 0 Å². The second kappa shape index (κ2) is 14.3. The predicted molar refractivity (Wildman–Crippen MR) is 199 cm³/mol. The molecule has 2 saturated heterocycles. The molecule has 0 unspecified atom stereocenters. The highest BCUT2D eigenvalue weighted by atomic mass is 16.7. The minimum Gasteiger partial charge on any atom is -0.481 e. The third-order valence-corrected chi connectivity index (χ3v) is 17.2. The van der Waals surface area contributed by atoms with Crippen LogP contribution in [0.5, 0.6) is 0 Å². The SMILES string of the molecule is CC1(C)[C@@H](O[C@@H]2O[C@H](CO[C@@H]3O[C@H](C(=O)O)[C@@H](O)[C@H](O)[C@H]3O)[C@H](O)[C@H](O)[C@H]2O)CC[C@]2(C)[C@H]3C(=O)C=C4[C@@H]5C[C@@](C)(C(=O)O)CC[C@]5(C)CC[C@@]4(C)[C@]3(C)CC[C@@H]12. The van der Waals surface area contributed by atoms with Crippen LogP contribution in [0.4, 0.5) is 0 Å². The van der Waals surface area contributed by atoms with E-state index in [4.69, 9.17) is 18.9 Å². The molecule has 15 nitrogen and oxygen atoms in total. The van der Waals surface area contributed by atoms with Gasteiger partial charge in [0.15, 0.2) is 24.5 Å². The van der Waals surface area contributed by atoms with Crippen LogP contribution in [-0.4, -0.2) is 133 Å². The fraction of sp³-hybridized carbons (Fsp3) is 0.881. The van der Waals surface area contributed by atoms with E-state index in [0.29, 0.717) is 25.7 Å². The number of aliphatic hydroxyl groups is 6. The number of ketones is 1. The molecule has 0 amide bonds. The second-order valence-corrected chi connectivity index (χ2v) is 20.6.